The van der Waals surface area contributed by atoms with E-state index >= 15 is 0 Å². The molecule has 42 heavy (non-hydrogen) atoms. The Labute approximate surface area is 269 Å². The fourth-order valence-electron chi connectivity index (χ4n) is 2.21. The summed E-state index contributed by atoms with van der Waals surface area (Å²) in [6.07, 6.45) is 3.50. The van der Waals surface area contributed by atoms with E-state index in [0.29, 0.717) is 0 Å². The molecule has 2 heteroatoms. The third-order valence-corrected chi connectivity index (χ3v) is 4.22. The van der Waals surface area contributed by atoms with E-state index in [1.165, 1.54) is 16.3 Å². The van der Waals surface area contributed by atoms with Crippen molar-refractivity contribution in [3.8, 4) is 0 Å². The van der Waals surface area contributed by atoms with Gasteiger partial charge in [-0.05, 0) is 40.6 Å². The molecule has 0 N–H and O–H groups in total. The number of nitrogens with zero attached hydrogens (tertiary/aromatic N) is 1. The lowest BCUT2D eigenvalue weighted by molar-refractivity contribution is 1.33. The molecule has 0 aliphatic carbocycles. The van der Waals surface area contributed by atoms with Crippen LogP contribution in [0.1, 0.15) is 104 Å². The minimum absolute atomic E-state index is 0. The fourth-order valence-corrected chi connectivity index (χ4v) is 2.66. The third-order valence-electron chi connectivity index (χ3n) is 3.59. The van der Waals surface area contributed by atoms with Crippen molar-refractivity contribution in [3.63, 3.8) is 0 Å². The van der Waals surface area contributed by atoms with Gasteiger partial charge in [-0.15, -0.1) is 0 Å². The normalized spacial score (nSPS) is 6.79. The fraction of sp³-hybridized carbons (Fsp3) is 0.375. The molecule has 240 valence electrons. The van der Waals surface area contributed by atoms with Gasteiger partial charge in [0.05, 0.1) is 0 Å². The Morgan fingerprint density at radius 2 is 0.667 bits per heavy atom. The average Bonchev–Trinajstić information content (AvgIpc) is 3.69. The number of hydrogen-bond acceptors (Lipinski definition) is 2. The van der Waals surface area contributed by atoms with Crippen molar-refractivity contribution in [2.24, 2.45) is 0 Å². The summed E-state index contributed by atoms with van der Waals surface area (Å²) in [4.78, 5) is 3.78. The lowest BCUT2D eigenvalue weighted by Crippen LogP contribution is -1.67. The maximum atomic E-state index is 3.78. The third kappa shape index (κ3) is 41.3. The predicted molar refractivity (Wildman–Crippen MR) is 205 cm³/mol. The van der Waals surface area contributed by atoms with E-state index in [1.807, 2.05) is 142 Å². The molecule has 1 nitrogen and oxygen atoms in total. The van der Waals surface area contributed by atoms with E-state index in [0.717, 1.165) is 0 Å². The van der Waals surface area contributed by atoms with Crippen LogP contribution in [0, 0.1) is 6.92 Å². The first-order chi connectivity index (χ1) is 19.9. The maximum Gasteiger partial charge on any atom is 0.0267 e. The van der Waals surface area contributed by atoms with Crippen molar-refractivity contribution in [1.29, 1.82) is 0 Å². The number of thiophene rings is 1. The smallest absolute Gasteiger partial charge is 0.0267 e. The zero-order chi connectivity index (χ0) is 31.7. The first-order valence-corrected chi connectivity index (χ1v) is 16.1. The first-order valence-electron chi connectivity index (χ1n) is 15.1. The molecule has 5 rings (SSSR count). The van der Waals surface area contributed by atoms with Gasteiger partial charge in [0.15, 0.2) is 0 Å². The van der Waals surface area contributed by atoms with Crippen LogP contribution < -0.4 is 0 Å². The molecule has 0 radical (unpaired) electrons. The zero-order valence-corrected chi connectivity index (χ0v) is 28.9. The van der Waals surface area contributed by atoms with E-state index in [-0.39, 0.29) is 14.9 Å². The Morgan fingerprint density at radius 1 is 0.381 bits per heavy atom. The molecule has 0 spiro atoms. The molecule has 0 fully saturated rings. The van der Waals surface area contributed by atoms with E-state index < -0.39 is 0 Å². The van der Waals surface area contributed by atoms with E-state index in [2.05, 4.69) is 72.6 Å². The summed E-state index contributed by atoms with van der Waals surface area (Å²) in [5.74, 6) is 0. The van der Waals surface area contributed by atoms with Gasteiger partial charge in [-0.1, -0.05) is 201 Å². The quantitative estimate of drug-likeness (QED) is 0.173. The molecule has 0 bridgehead atoms. The number of rotatable bonds is 0. The molecular weight excluding hydrogens is 527 g/mol. The SMILES string of the molecule is C.C.CC.CC.CC.CC.CC.CC.Cc1ccccc1.c1ccc2ccccc2c1.c1ccncc1.c1ccsc1. The summed E-state index contributed by atoms with van der Waals surface area (Å²) < 4.78 is 0. The highest BCUT2D eigenvalue weighted by Gasteiger charge is 1.85. The number of aryl methyl sites for hydroxylation is 1. The van der Waals surface area contributed by atoms with Crippen molar-refractivity contribution in [2.75, 3.05) is 0 Å². The molecule has 0 saturated carbocycles. The van der Waals surface area contributed by atoms with Crippen LogP contribution in [-0.2, 0) is 0 Å². The minimum Gasteiger partial charge on any atom is -0.265 e. The predicted octanol–water partition coefficient (Wildman–Crippen LogP) is 15.1. The van der Waals surface area contributed by atoms with Crippen molar-refractivity contribution < 1.29 is 0 Å². The van der Waals surface area contributed by atoms with Gasteiger partial charge < -0.3 is 0 Å². The molecule has 2 aromatic heterocycles. The number of pyridine rings is 1. The molecule has 0 saturated heterocycles. The van der Waals surface area contributed by atoms with Crippen molar-refractivity contribution in [1.82, 2.24) is 4.98 Å². The summed E-state index contributed by atoms with van der Waals surface area (Å²) >= 11 is 1.71. The summed E-state index contributed by atoms with van der Waals surface area (Å²) in [5, 5.41) is 6.70. The summed E-state index contributed by atoms with van der Waals surface area (Å²) in [5.41, 5.74) is 1.32. The van der Waals surface area contributed by atoms with Crippen LogP contribution in [0.4, 0.5) is 0 Å². The maximum absolute atomic E-state index is 3.78. The molecule has 0 unspecified atom stereocenters. The largest absolute Gasteiger partial charge is 0.265 e. The Morgan fingerprint density at radius 3 is 0.833 bits per heavy atom. The highest BCUT2D eigenvalue weighted by Crippen LogP contribution is 2.11. The molecular formula is C40H69NS. The van der Waals surface area contributed by atoms with Crippen LogP contribution in [0.2, 0.25) is 0 Å². The molecule has 0 amide bonds. The molecule has 0 atom stereocenters. The van der Waals surface area contributed by atoms with Crippen LogP contribution in [0.15, 0.2) is 132 Å². The van der Waals surface area contributed by atoms with Crippen LogP contribution >= 0.6 is 11.3 Å². The minimum atomic E-state index is 0. The van der Waals surface area contributed by atoms with Crippen LogP contribution in [-0.4, -0.2) is 4.98 Å². The summed E-state index contributed by atoms with van der Waals surface area (Å²) in [6, 6.07) is 36.7. The van der Waals surface area contributed by atoms with Gasteiger partial charge in [0.25, 0.3) is 0 Å². The standard InChI is InChI=1S/C10H8.C7H8.C5H5N.C4H4S.6C2H6.2CH4/c1-2-6-10-8-4-3-7-9(10)5-1;1-7-5-3-2-4-6-7;1-2-4-6-5-3-1;1-2-4-5-3-1;6*1-2;;/h1-8H;2-6H,1H3;1-5H;1-4H;6*1-2H3;2*1H4. The molecule has 5 aromatic rings. The van der Waals surface area contributed by atoms with Gasteiger partial charge in [-0.2, -0.15) is 11.3 Å². The molecule has 3 aromatic carbocycles. The van der Waals surface area contributed by atoms with Crippen molar-refractivity contribution >= 4 is 22.1 Å². The second-order valence-corrected chi connectivity index (χ2v) is 6.64. The Bertz CT molecular complexity index is 857. The Kier molecular flexibility index (Phi) is 75.2. The summed E-state index contributed by atoms with van der Waals surface area (Å²) in [6.45, 7) is 26.1. The van der Waals surface area contributed by atoms with Gasteiger partial charge in [0.2, 0.25) is 0 Å². The Balaban J connectivity index is -0.0000000697. The second-order valence-electron chi connectivity index (χ2n) is 5.82. The van der Waals surface area contributed by atoms with Crippen molar-refractivity contribution in [2.45, 2.75) is 105 Å². The monoisotopic (exact) mass is 596 g/mol. The number of aromatic nitrogens is 1. The van der Waals surface area contributed by atoms with E-state index in [9.17, 15) is 0 Å². The van der Waals surface area contributed by atoms with Crippen LogP contribution in [0.3, 0.4) is 0 Å². The molecule has 0 aliphatic rings. The first kappa shape index (κ1) is 54.8. The molecule has 0 aliphatic heterocycles. The second kappa shape index (κ2) is 57.6. The lowest BCUT2D eigenvalue weighted by atomic mass is 10.1. The van der Waals surface area contributed by atoms with E-state index in [1.54, 1.807) is 23.7 Å². The Hall–Kier alpha value is -3.23. The topological polar surface area (TPSA) is 12.9 Å². The number of hydrogen-bond donors (Lipinski definition) is 0. The number of benzene rings is 3. The van der Waals surface area contributed by atoms with Gasteiger partial charge in [0, 0.05) is 12.4 Å². The number of fused-ring (bicyclic) bond motifs is 1. The molecule has 2 heterocycles. The zero-order valence-electron chi connectivity index (χ0n) is 28.1. The van der Waals surface area contributed by atoms with Crippen LogP contribution in [0.5, 0.6) is 0 Å². The van der Waals surface area contributed by atoms with Gasteiger partial charge in [-0.3, -0.25) is 4.98 Å². The van der Waals surface area contributed by atoms with Crippen molar-refractivity contribution in [3.05, 3.63) is 138 Å². The highest BCUT2D eigenvalue weighted by molar-refractivity contribution is 7.07. The van der Waals surface area contributed by atoms with Crippen LogP contribution in [0.25, 0.3) is 10.8 Å². The lowest BCUT2D eigenvalue weighted by Gasteiger charge is -1.92. The average molecular weight is 596 g/mol. The van der Waals surface area contributed by atoms with Gasteiger partial charge in [0.1, 0.15) is 0 Å². The van der Waals surface area contributed by atoms with Gasteiger partial charge in [-0.25, -0.2) is 0 Å². The summed E-state index contributed by atoms with van der Waals surface area (Å²) in [7, 11) is 0. The van der Waals surface area contributed by atoms with Gasteiger partial charge >= 0.3 is 0 Å². The van der Waals surface area contributed by atoms with E-state index in [4.69, 9.17) is 0 Å². The highest BCUT2D eigenvalue weighted by atomic mass is 32.1.